The molecule has 1 heterocycles. The lowest BCUT2D eigenvalue weighted by atomic mass is 10.1. The number of rotatable bonds is 4. The predicted molar refractivity (Wildman–Crippen MR) is 70.4 cm³/mol. The molecule has 0 radical (unpaired) electrons. The Labute approximate surface area is 116 Å². The van der Waals surface area contributed by atoms with Gasteiger partial charge in [-0.3, -0.25) is 4.79 Å². The third-order valence-corrected chi connectivity index (χ3v) is 3.47. The monoisotopic (exact) mass is 279 g/mol. The summed E-state index contributed by atoms with van der Waals surface area (Å²) < 4.78 is 5.14. The Bertz CT molecular complexity index is 516. The van der Waals surface area contributed by atoms with Crippen LogP contribution in [0.3, 0.4) is 0 Å². The van der Waals surface area contributed by atoms with E-state index < -0.39 is 12.0 Å². The third-order valence-electron chi connectivity index (χ3n) is 3.47. The maximum atomic E-state index is 12.2. The summed E-state index contributed by atoms with van der Waals surface area (Å²) >= 11 is 0. The topological polar surface area (TPSA) is 87.1 Å². The number of methoxy groups -OCH3 is 1. The van der Waals surface area contributed by atoms with Crippen molar-refractivity contribution >= 4 is 11.9 Å². The molecule has 6 heteroatoms. The number of carbonyl (C=O) groups is 2. The average molecular weight is 279 g/mol. The van der Waals surface area contributed by atoms with Crippen LogP contribution < -0.4 is 0 Å². The lowest BCUT2D eigenvalue weighted by molar-refractivity contribution is -0.148. The highest BCUT2D eigenvalue weighted by molar-refractivity contribution is 5.85. The molecule has 0 aliphatic carbocycles. The van der Waals surface area contributed by atoms with Crippen molar-refractivity contribution in [1.82, 2.24) is 4.90 Å². The van der Waals surface area contributed by atoms with E-state index in [0.717, 1.165) is 0 Å². The molecule has 0 aromatic heterocycles. The van der Waals surface area contributed by atoms with E-state index in [1.165, 1.54) is 24.1 Å². The molecule has 1 amide bonds. The molecule has 6 nitrogen and oxygen atoms in total. The Kier molecular flexibility index (Phi) is 4.24. The third kappa shape index (κ3) is 3.08. The number of hydrogen-bond donors (Lipinski definition) is 2. The maximum absolute atomic E-state index is 12.2. The molecule has 2 N–H and O–H groups in total. The van der Waals surface area contributed by atoms with Crippen molar-refractivity contribution < 1.29 is 24.5 Å². The minimum Gasteiger partial charge on any atom is -0.508 e. The van der Waals surface area contributed by atoms with Crippen LogP contribution in [0.1, 0.15) is 12.0 Å². The number of phenols is 1. The van der Waals surface area contributed by atoms with Gasteiger partial charge in [0.1, 0.15) is 11.8 Å². The minimum atomic E-state index is -1.02. The fourth-order valence-electron chi connectivity index (χ4n) is 2.42. The first-order valence-electron chi connectivity index (χ1n) is 6.34. The highest BCUT2D eigenvalue weighted by Gasteiger charge is 2.39. The Morgan fingerprint density at radius 3 is 2.80 bits per heavy atom. The molecule has 0 saturated carbocycles. The summed E-state index contributed by atoms with van der Waals surface area (Å²) in [4.78, 5) is 24.8. The van der Waals surface area contributed by atoms with E-state index in [2.05, 4.69) is 0 Å². The normalized spacial score (nSPS) is 21.9. The van der Waals surface area contributed by atoms with Gasteiger partial charge in [0, 0.05) is 20.1 Å². The van der Waals surface area contributed by atoms with E-state index >= 15 is 0 Å². The summed E-state index contributed by atoms with van der Waals surface area (Å²) in [6.07, 6.45) is 0.121. The molecule has 2 atom stereocenters. The van der Waals surface area contributed by atoms with Crippen molar-refractivity contribution in [3.05, 3.63) is 29.8 Å². The number of likely N-dealkylation sites (tertiary alicyclic amines) is 1. The quantitative estimate of drug-likeness (QED) is 0.844. The number of aromatic hydroxyl groups is 1. The van der Waals surface area contributed by atoms with Crippen LogP contribution in [0.15, 0.2) is 24.3 Å². The molecule has 1 aromatic rings. The molecule has 1 aliphatic heterocycles. The van der Waals surface area contributed by atoms with Crippen LogP contribution in [0.5, 0.6) is 5.75 Å². The van der Waals surface area contributed by atoms with Crippen LogP contribution in [-0.4, -0.2) is 52.8 Å². The Hall–Kier alpha value is -2.08. The minimum absolute atomic E-state index is 0.0641. The summed E-state index contributed by atoms with van der Waals surface area (Å²) in [5, 5.41) is 18.5. The van der Waals surface area contributed by atoms with Gasteiger partial charge in [0.15, 0.2) is 0 Å². The molecule has 0 bridgehead atoms. The average Bonchev–Trinajstić information content (AvgIpc) is 2.83. The van der Waals surface area contributed by atoms with Gasteiger partial charge in [0.25, 0.3) is 0 Å². The number of ether oxygens (including phenoxy) is 1. The van der Waals surface area contributed by atoms with Gasteiger partial charge in [0.05, 0.1) is 12.5 Å². The van der Waals surface area contributed by atoms with E-state index in [1.807, 2.05) is 0 Å². The number of hydrogen-bond acceptors (Lipinski definition) is 4. The van der Waals surface area contributed by atoms with Crippen molar-refractivity contribution in [1.29, 1.82) is 0 Å². The zero-order chi connectivity index (χ0) is 14.7. The van der Waals surface area contributed by atoms with Crippen molar-refractivity contribution in [2.45, 2.75) is 25.0 Å². The van der Waals surface area contributed by atoms with Gasteiger partial charge in [-0.1, -0.05) is 12.1 Å². The van der Waals surface area contributed by atoms with Crippen molar-refractivity contribution in [3.8, 4) is 5.75 Å². The fourth-order valence-corrected chi connectivity index (χ4v) is 2.42. The molecule has 108 valence electrons. The summed E-state index contributed by atoms with van der Waals surface area (Å²) in [6.45, 7) is 0.283. The van der Waals surface area contributed by atoms with Gasteiger partial charge < -0.3 is 19.8 Å². The molecule has 20 heavy (non-hydrogen) atoms. The van der Waals surface area contributed by atoms with E-state index in [9.17, 15) is 14.7 Å². The molecular formula is C14H17NO5. The summed E-state index contributed by atoms with van der Waals surface area (Å²) in [5.74, 6) is -1.21. The fraction of sp³-hybridized carbons (Fsp3) is 0.429. The number of carboxylic acids is 1. The van der Waals surface area contributed by atoms with Gasteiger partial charge in [-0.05, 0) is 17.7 Å². The predicted octanol–water partition coefficient (Wildman–Crippen LogP) is 0.635. The highest BCUT2D eigenvalue weighted by Crippen LogP contribution is 2.22. The Morgan fingerprint density at radius 2 is 2.20 bits per heavy atom. The first-order valence-corrected chi connectivity index (χ1v) is 6.34. The first kappa shape index (κ1) is 14.3. The zero-order valence-corrected chi connectivity index (χ0v) is 11.2. The zero-order valence-electron chi connectivity index (χ0n) is 11.2. The maximum Gasteiger partial charge on any atom is 0.326 e. The number of benzene rings is 1. The van der Waals surface area contributed by atoms with E-state index in [4.69, 9.17) is 9.84 Å². The van der Waals surface area contributed by atoms with Crippen LogP contribution in [0.2, 0.25) is 0 Å². The number of nitrogens with zero attached hydrogens (tertiary/aromatic N) is 1. The number of carbonyl (C=O) groups excluding carboxylic acids is 1. The lowest BCUT2D eigenvalue weighted by Crippen LogP contribution is -2.41. The number of phenolic OH excluding ortho intramolecular Hbond substituents is 1. The second-order valence-corrected chi connectivity index (χ2v) is 4.84. The van der Waals surface area contributed by atoms with Crippen molar-refractivity contribution in [2.75, 3.05) is 13.7 Å². The largest absolute Gasteiger partial charge is 0.508 e. The Morgan fingerprint density at radius 1 is 1.45 bits per heavy atom. The van der Waals surface area contributed by atoms with Crippen LogP contribution >= 0.6 is 0 Å². The molecule has 2 rings (SSSR count). The van der Waals surface area contributed by atoms with Crippen LogP contribution in [0.4, 0.5) is 0 Å². The molecule has 2 unspecified atom stereocenters. The molecule has 1 aromatic carbocycles. The lowest BCUT2D eigenvalue weighted by Gasteiger charge is -2.21. The van der Waals surface area contributed by atoms with Crippen molar-refractivity contribution in [3.63, 3.8) is 0 Å². The number of amides is 1. The second kappa shape index (κ2) is 5.92. The first-order chi connectivity index (χ1) is 9.51. The van der Waals surface area contributed by atoms with Gasteiger partial charge in [0.2, 0.25) is 5.91 Å². The van der Waals surface area contributed by atoms with Gasteiger partial charge in [-0.15, -0.1) is 0 Å². The van der Waals surface area contributed by atoms with Gasteiger partial charge >= 0.3 is 5.97 Å². The molecule has 0 spiro atoms. The summed E-state index contributed by atoms with van der Waals surface area (Å²) in [6, 6.07) is 5.54. The SMILES string of the molecule is COC1CC(C(=O)O)N(C(=O)Cc2cccc(O)c2)C1. The molecule has 1 saturated heterocycles. The van der Waals surface area contributed by atoms with Crippen molar-refractivity contribution in [2.24, 2.45) is 0 Å². The van der Waals surface area contributed by atoms with E-state index in [-0.39, 0.29) is 30.7 Å². The molecular weight excluding hydrogens is 262 g/mol. The van der Waals surface area contributed by atoms with Crippen LogP contribution in [0, 0.1) is 0 Å². The van der Waals surface area contributed by atoms with E-state index in [1.54, 1.807) is 12.1 Å². The standard InChI is InChI=1S/C14H17NO5/c1-20-11-7-12(14(18)19)15(8-11)13(17)6-9-3-2-4-10(16)5-9/h2-5,11-12,16H,6-8H2,1H3,(H,18,19). The van der Waals surface area contributed by atoms with Crippen LogP contribution in [-0.2, 0) is 20.7 Å². The second-order valence-electron chi connectivity index (χ2n) is 4.84. The number of aliphatic carboxylic acids is 1. The van der Waals surface area contributed by atoms with Gasteiger partial charge in [-0.2, -0.15) is 0 Å². The number of carboxylic acid groups (broad SMARTS) is 1. The molecule has 1 aliphatic rings. The van der Waals surface area contributed by atoms with Gasteiger partial charge in [-0.25, -0.2) is 4.79 Å². The molecule has 1 fully saturated rings. The summed E-state index contributed by atoms with van der Waals surface area (Å²) in [7, 11) is 1.51. The van der Waals surface area contributed by atoms with Crippen LogP contribution in [0.25, 0.3) is 0 Å². The smallest absolute Gasteiger partial charge is 0.326 e. The van der Waals surface area contributed by atoms with E-state index in [0.29, 0.717) is 12.0 Å². The Balaban J connectivity index is 2.09. The highest BCUT2D eigenvalue weighted by atomic mass is 16.5. The summed E-state index contributed by atoms with van der Waals surface area (Å²) in [5.41, 5.74) is 0.653.